The molecule has 0 aromatic heterocycles. The molecule has 0 spiro atoms. The van der Waals surface area contributed by atoms with Crippen molar-refractivity contribution < 1.29 is 0 Å². The minimum atomic E-state index is 1.01. The molecule has 0 nitrogen and oxygen atoms in total. The zero-order chi connectivity index (χ0) is 37.5. The summed E-state index contributed by atoms with van der Waals surface area (Å²) >= 11 is 0. The van der Waals surface area contributed by atoms with Gasteiger partial charge in [0.15, 0.2) is 0 Å². The van der Waals surface area contributed by atoms with Gasteiger partial charge < -0.3 is 0 Å². The van der Waals surface area contributed by atoms with Crippen molar-refractivity contribution in [3.05, 3.63) is 106 Å². The predicted octanol–water partition coefficient (Wildman–Crippen LogP) is 15.8. The van der Waals surface area contributed by atoms with Crippen molar-refractivity contribution in [2.45, 2.75) is 182 Å². The Balaban J connectivity index is 0.000000189. The van der Waals surface area contributed by atoms with Gasteiger partial charge in [0.1, 0.15) is 0 Å². The van der Waals surface area contributed by atoms with Gasteiger partial charge >= 0.3 is 0 Å². The molecule has 54 heavy (non-hydrogen) atoms. The highest BCUT2D eigenvalue weighted by atomic mass is 14.4. The second-order valence-electron chi connectivity index (χ2n) is 19.4. The van der Waals surface area contributed by atoms with Crippen LogP contribution in [0.4, 0.5) is 0 Å². The van der Waals surface area contributed by atoms with E-state index in [0.29, 0.717) is 0 Å². The molecule has 0 heteroatoms. The van der Waals surface area contributed by atoms with Gasteiger partial charge in [0.25, 0.3) is 0 Å². The maximum absolute atomic E-state index is 2.46. The van der Waals surface area contributed by atoms with E-state index in [-0.39, 0.29) is 0 Å². The first kappa shape index (κ1) is 41.3. The smallest absolute Gasteiger partial charge is 0.00258 e. The fraction of sp³-hybridized carbons (Fsp3) is 0.667. The van der Waals surface area contributed by atoms with Gasteiger partial charge in [-0.1, -0.05) is 210 Å². The van der Waals surface area contributed by atoms with Crippen molar-refractivity contribution in [3.63, 3.8) is 0 Å². The molecule has 0 saturated heterocycles. The van der Waals surface area contributed by atoms with Gasteiger partial charge in [-0.25, -0.2) is 0 Å². The average molecular weight is 729 g/mol. The van der Waals surface area contributed by atoms with Crippen molar-refractivity contribution in [3.8, 4) is 0 Å². The molecule has 0 atom stereocenters. The van der Waals surface area contributed by atoms with E-state index in [4.69, 9.17) is 0 Å². The summed E-state index contributed by atoms with van der Waals surface area (Å²) in [7, 11) is 0. The van der Waals surface area contributed by atoms with Crippen LogP contribution in [0, 0.1) is 47.3 Å². The lowest BCUT2D eigenvalue weighted by molar-refractivity contribution is 0.153. The van der Waals surface area contributed by atoms with Crippen molar-refractivity contribution in [2.24, 2.45) is 47.3 Å². The molecule has 296 valence electrons. The maximum atomic E-state index is 2.46. The van der Waals surface area contributed by atoms with Gasteiger partial charge in [-0.2, -0.15) is 0 Å². The van der Waals surface area contributed by atoms with Gasteiger partial charge in [-0.15, -0.1) is 0 Å². The van der Waals surface area contributed by atoms with E-state index >= 15 is 0 Å². The summed E-state index contributed by atoms with van der Waals surface area (Å²) in [6.45, 7) is 9.26. The highest BCUT2D eigenvalue weighted by molar-refractivity contribution is 5.33. The SMILES string of the molecule is CCC1CCC(CC2CCC(CC3CCC(CC4CCC(C)CC4)CC3)CC2)CC1.CCc1ccc(Cc2ccc(Cc3ccc(CC)cc3)cc2)cc1. The number of hydrogen-bond acceptors (Lipinski definition) is 0. The van der Waals surface area contributed by atoms with Crippen LogP contribution in [-0.4, -0.2) is 0 Å². The zero-order valence-electron chi connectivity index (χ0n) is 35.5. The third kappa shape index (κ3) is 13.4. The van der Waals surface area contributed by atoms with Gasteiger partial charge in [0, 0.05) is 0 Å². The number of rotatable bonds is 13. The monoisotopic (exact) mass is 729 g/mol. The second-order valence-corrected chi connectivity index (χ2v) is 19.4. The number of benzene rings is 3. The van der Waals surface area contributed by atoms with Gasteiger partial charge in [0.05, 0.1) is 0 Å². The van der Waals surface area contributed by atoms with E-state index < -0.39 is 0 Å². The first-order chi connectivity index (χ1) is 26.4. The quantitative estimate of drug-likeness (QED) is 0.164. The van der Waals surface area contributed by atoms with Crippen LogP contribution in [0.3, 0.4) is 0 Å². The maximum Gasteiger partial charge on any atom is -0.00258 e. The van der Waals surface area contributed by atoms with E-state index in [2.05, 4.69) is 100 Å². The largest absolute Gasteiger partial charge is 0.0651 e. The Kier molecular flexibility index (Phi) is 16.7. The van der Waals surface area contributed by atoms with Crippen LogP contribution in [-0.2, 0) is 25.7 Å². The summed E-state index contributed by atoms with van der Waals surface area (Å²) in [5, 5.41) is 0. The average Bonchev–Trinajstić information content (AvgIpc) is 3.22. The van der Waals surface area contributed by atoms with Crippen LogP contribution in [0.5, 0.6) is 0 Å². The van der Waals surface area contributed by atoms with E-state index in [1.807, 2.05) is 0 Å². The molecule has 4 aliphatic rings. The summed E-state index contributed by atoms with van der Waals surface area (Å²) in [5.41, 5.74) is 8.34. The Labute approximate surface area is 334 Å². The molecule has 0 radical (unpaired) electrons. The zero-order valence-corrected chi connectivity index (χ0v) is 35.5. The van der Waals surface area contributed by atoms with Crippen LogP contribution in [0.2, 0.25) is 0 Å². The van der Waals surface area contributed by atoms with Crippen LogP contribution >= 0.6 is 0 Å². The molecule has 4 saturated carbocycles. The summed E-state index contributed by atoms with van der Waals surface area (Å²) in [6, 6.07) is 27.0. The molecule has 3 aromatic carbocycles. The molecule has 7 rings (SSSR count). The third-order valence-corrected chi connectivity index (χ3v) is 15.3. The Hall–Kier alpha value is -2.34. The van der Waals surface area contributed by atoms with Crippen LogP contribution < -0.4 is 0 Å². The molecule has 0 N–H and O–H groups in total. The first-order valence-electron chi connectivity index (χ1n) is 23.7. The molecule has 0 aliphatic heterocycles. The van der Waals surface area contributed by atoms with Crippen molar-refractivity contribution in [2.75, 3.05) is 0 Å². The lowest BCUT2D eigenvalue weighted by Crippen LogP contribution is -2.24. The summed E-state index contributed by atoms with van der Waals surface area (Å²) in [5.74, 6) is 8.65. The molecule has 3 aromatic rings. The van der Waals surface area contributed by atoms with E-state index in [1.165, 1.54) is 52.6 Å². The molecule has 0 heterocycles. The molecule has 4 aliphatic carbocycles. The molecule has 4 fully saturated rings. The van der Waals surface area contributed by atoms with E-state index in [0.717, 1.165) is 73.0 Å². The van der Waals surface area contributed by atoms with E-state index in [1.54, 1.807) is 109 Å². The molecule has 0 amide bonds. The summed E-state index contributed by atoms with van der Waals surface area (Å²) in [6.07, 6.45) is 35.4. The molecular weight excluding hydrogens is 649 g/mol. The van der Waals surface area contributed by atoms with Crippen LogP contribution in [0.25, 0.3) is 0 Å². The van der Waals surface area contributed by atoms with E-state index in [9.17, 15) is 0 Å². The third-order valence-electron chi connectivity index (χ3n) is 15.3. The fourth-order valence-corrected chi connectivity index (χ4v) is 11.3. The Morgan fingerprint density at radius 1 is 0.315 bits per heavy atom. The lowest BCUT2D eigenvalue weighted by Gasteiger charge is -2.37. The normalized spacial score (nSPS) is 28.9. The first-order valence-corrected chi connectivity index (χ1v) is 23.7. The summed E-state index contributed by atoms with van der Waals surface area (Å²) in [4.78, 5) is 0. The Morgan fingerprint density at radius 3 is 0.778 bits per heavy atom. The summed E-state index contributed by atoms with van der Waals surface area (Å²) < 4.78 is 0. The Bertz CT molecular complexity index is 1340. The van der Waals surface area contributed by atoms with Crippen molar-refractivity contribution in [1.29, 1.82) is 0 Å². The highest BCUT2D eigenvalue weighted by Crippen LogP contribution is 2.44. The minimum Gasteiger partial charge on any atom is -0.0651 e. The van der Waals surface area contributed by atoms with Crippen LogP contribution in [0.1, 0.15) is 189 Å². The molecular formula is C54H80. The van der Waals surface area contributed by atoms with Crippen LogP contribution in [0.15, 0.2) is 72.8 Å². The standard InChI is InChI=1S/C30H54.C24H26/c1-3-24-8-10-26(11-9-24)21-28-16-18-30(19-17-28)22-29-14-12-27(13-15-29)20-25-6-4-23(2)5-7-25;1-3-19-5-9-21(10-6-19)17-23-13-15-24(16-14-23)18-22-11-7-20(4-2)8-12-22/h23-30H,3-22H2,1-2H3;5-16H,3-4,17-18H2,1-2H3. The predicted molar refractivity (Wildman–Crippen MR) is 235 cm³/mol. The molecule has 0 bridgehead atoms. The minimum absolute atomic E-state index is 1.01. The topological polar surface area (TPSA) is 0 Å². The van der Waals surface area contributed by atoms with Crippen molar-refractivity contribution in [1.82, 2.24) is 0 Å². The molecule has 0 unspecified atom stereocenters. The number of aryl methyl sites for hydroxylation is 2. The van der Waals surface area contributed by atoms with Gasteiger partial charge in [0.2, 0.25) is 0 Å². The van der Waals surface area contributed by atoms with Gasteiger partial charge in [-0.05, 0) is 126 Å². The van der Waals surface area contributed by atoms with Crippen molar-refractivity contribution >= 4 is 0 Å². The number of hydrogen-bond donors (Lipinski definition) is 0. The Morgan fingerprint density at radius 2 is 0.537 bits per heavy atom. The lowest BCUT2D eigenvalue weighted by atomic mass is 9.69. The highest BCUT2D eigenvalue weighted by Gasteiger charge is 2.30. The van der Waals surface area contributed by atoms with Gasteiger partial charge in [-0.3, -0.25) is 0 Å². The fourth-order valence-electron chi connectivity index (χ4n) is 11.3. The second kappa shape index (κ2) is 21.8.